The first-order chi connectivity index (χ1) is 18.3. The molecule has 0 aromatic heterocycles. The van der Waals surface area contributed by atoms with Crippen molar-refractivity contribution in [3.05, 3.63) is 88.1 Å². The standard InChI is InChI=1S/C30H36N4O3S/c1-6-33(7-2)29(36)27-21(5)32-30-34(24(19-38-30)17-26(35)31-20(3)4)28(27)23-14-11-15-25(16-23)37-18-22-12-9-8-10-13-22/h8-16,19-20,28H,6-7,17-18H2,1-5H3,(H,31,35)/t28-/m0/s1. The van der Waals surface area contributed by atoms with Crippen molar-refractivity contribution >= 4 is 28.7 Å². The van der Waals surface area contributed by atoms with Crippen LogP contribution in [0.2, 0.25) is 0 Å². The highest BCUT2D eigenvalue weighted by molar-refractivity contribution is 8.16. The van der Waals surface area contributed by atoms with Crippen LogP contribution in [-0.4, -0.2) is 45.9 Å². The zero-order valence-corrected chi connectivity index (χ0v) is 23.5. The summed E-state index contributed by atoms with van der Waals surface area (Å²) >= 11 is 1.49. The van der Waals surface area contributed by atoms with Crippen LogP contribution < -0.4 is 10.1 Å². The number of nitrogens with zero attached hydrogens (tertiary/aromatic N) is 3. The Bertz CT molecular complexity index is 1270. The molecule has 0 saturated heterocycles. The Morgan fingerprint density at radius 2 is 1.84 bits per heavy atom. The first kappa shape index (κ1) is 27.5. The number of fused-ring (bicyclic) bond motifs is 1. The van der Waals surface area contributed by atoms with Crippen LogP contribution in [0.3, 0.4) is 0 Å². The van der Waals surface area contributed by atoms with Crippen molar-refractivity contribution in [1.82, 2.24) is 15.1 Å². The second-order valence-corrected chi connectivity index (χ2v) is 10.5. The normalized spacial score (nSPS) is 16.7. The van der Waals surface area contributed by atoms with E-state index in [4.69, 9.17) is 9.73 Å². The van der Waals surface area contributed by atoms with Crippen molar-refractivity contribution in [2.24, 2.45) is 4.99 Å². The van der Waals surface area contributed by atoms with Gasteiger partial charge in [-0.2, -0.15) is 0 Å². The summed E-state index contributed by atoms with van der Waals surface area (Å²) in [5.74, 6) is 0.617. The number of amidine groups is 1. The number of rotatable bonds is 10. The number of ether oxygens (including phenoxy) is 1. The van der Waals surface area contributed by atoms with Crippen molar-refractivity contribution < 1.29 is 14.3 Å². The minimum absolute atomic E-state index is 0.0428. The number of carbonyl (C=O) groups excluding carboxylic acids is 2. The van der Waals surface area contributed by atoms with E-state index >= 15 is 0 Å². The maximum atomic E-state index is 13.8. The summed E-state index contributed by atoms with van der Waals surface area (Å²) in [7, 11) is 0. The SMILES string of the molecule is CCN(CC)C(=O)C1=C(C)N=C2SC=C(CC(=O)NC(C)C)N2[C@H]1c1cccc(OCc2ccccc2)c1. The van der Waals surface area contributed by atoms with Crippen LogP contribution in [0.1, 0.15) is 58.2 Å². The number of likely N-dealkylation sites (N-methyl/N-ethyl adjacent to an activating group) is 1. The first-order valence-electron chi connectivity index (χ1n) is 13.1. The second-order valence-electron chi connectivity index (χ2n) is 9.62. The number of thioether (sulfide) groups is 1. The van der Waals surface area contributed by atoms with E-state index in [0.717, 1.165) is 27.7 Å². The Morgan fingerprint density at radius 1 is 1.11 bits per heavy atom. The van der Waals surface area contributed by atoms with Gasteiger partial charge >= 0.3 is 0 Å². The Kier molecular flexibility index (Phi) is 8.94. The molecular weight excluding hydrogens is 496 g/mol. The molecule has 1 N–H and O–H groups in total. The third-order valence-corrected chi connectivity index (χ3v) is 7.38. The van der Waals surface area contributed by atoms with E-state index in [9.17, 15) is 9.59 Å². The van der Waals surface area contributed by atoms with Gasteiger partial charge in [0.15, 0.2) is 5.17 Å². The number of allylic oxidation sites excluding steroid dienone is 1. The molecule has 0 spiro atoms. The molecule has 0 unspecified atom stereocenters. The Hall–Kier alpha value is -3.52. The van der Waals surface area contributed by atoms with Gasteiger partial charge in [-0.05, 0) is 63.3 Å². The van der Waals surface area contributed by atoms with Gasteiger partial charge in [-0.1, -0.05) is 54.2 Å². The summed E-state index contributed by atoms with van der Waals surface area (Å²) in [4.78, 5) is 35.3. The lowest BCUT2D eigenvalue weighted by atomic mass is 9.92. The predicted octanol–water partition coefficient (Wildman–Crippen LogP) is 5.62. The molecule has 0 radical (unpaired) electrons. The number of hydrogen-bond acceptors (Lipinski definition) is 6. The van der Waals surface area contributed by atoms with Crippen LogP contribution in [0.4, 0.5) is 0 Å². The molecule has 8 heteroatoms. The minimum atomic E-state index is -0.427. The quantitative estimate of drug-likeness (QED) is 0.430. The second kappa shape index (κ2) is 12.3. The van der Waals surface area contributed by atoms with Crippen molar-refractivity contribution in [3.8, 4) is 5.75 Å². The molecule has 0 aliphatic carbocycles. The molecular formula is C30H36N4O3S. The van der Waals surface area contributed by atoms with Crippen LogP contribution in [0.5, 0.6) is 5.75 Å². The average Bonchev–Trinajstić information content (AvgIpc) is 3.29. The van der Waals surface area contributed by atoms with E-state index in [2.05, 4.69) is 5.32 Å². The summed E-state index contributed by atoms with van der Waals surface area (Å²) < 4.78 is 6.14. The maximum Gasteiger partial charge on any atom is 0.254 e. The fourth-order valence-electron chi connectivity index (χ4n) is 4.69. The molecule has 0 fully saturated rings. The summed E-state index contributed by atoms with van der Waals surface area (Å²) in [5.41, 5.74) is 4.13. The van der Waals surface area contributed by atoms with Crippen molar-refractivity contribution in [2.45, 2.75) is 59.7 Å². The molecule has 2 aliphatic rings. The topological polar surface area (TPSA) is 74.2 Å². The van der Waals surface area contributed by atoms with Gasteiger partial charge in [0.05, 0.1) is 23.7 Å². The van der Waals surface area contributed by atoms with Gasteiger partial charge in [0.25, 0.3) is 5.91 Å². The highest BCUT2D eigenvalue weighted by Crippen LogP contribution is 2.45. The van der Waals surface area contributed by atoms with E-state index < -0.39 is 6.04 Å². The smallest absolute Gasteiger partial charge is 0.254 e. The third kappa shape index (κ3) is 6.13. The number of hydrogen-bond donors (Lipinski definition) is 1. The fraction of sp³-hybridized carbons (Fsp3) is 0.367. The molecule has 7 nitrogen and oxygen atoms in total. The predicted molar refractivity (Wildman–Crippen MR) is 153 cm³/mol. The van der Waals surface area contributed by atoms with Gasteiger partial charge in [-0.15, -0.1) is 0 Å². The fourth-order valence-corrected chi connectivity index (χ4v) is 5.66. The molecule has 4 rings (SSSR count). The van der Waals surface area contributed by atoms with Gasteiger partial charge in [0, 0.05) is 24.8 Å². The zero-order chi connectivity index (χ0) is 27.2. The zero-order valence-electron chi connectivity index (χ0n) is 22.7. The summed E-state index contributed by atoms with van der Waals surface area (Å²) in [6.07, 6.45) is 0.205. The molecule has 2 heterocycles. The van der Waals surface area contributed by atoms with Crippen LogP contribution in [0.15, 0.2) is 82.0 Å². The molecule has 1 atom stereocenters. The maximum absolute atomic E-state index is 13.8. The van der Waals surface area contributed by atoms with E-state index in [1.54, 1.807) is 0 Å². The van der Waals surface area contributed by atoms with Crippen LogP contribution in [0, 0.1) is 0 Å². The van der Waals surface area contributed by atoms with Gasteiger partial charge in [0.2, 0.25) is 5.91 Å². The third-order valence-electron chi connectivity index (χ3n) is 6.50. The highest BCUT2D eigenvalue weighted by Gasteiger charge is 2.41. The van der Waals surface area contributed by atoms with Gasteiger partial charge in [-0.3, -0.25) is 9.59 Å². The molecule has 0 bridgehead atoms. The molecule has 200 valence electrons. The minimum Gasteiger partial charge on any atom is -0.489 e. The number of amides is 2. The molecule has 38 heavy (non-hydrogen) atoms. The number of benzene rings is 2. The monoisotopic (exact) mass is 532 g/mol. The average molecular weight is 533 g/mol. The Balaban J connectivity index is 1.72. The van der Waals surface area contributed by atoms with Crippen molar-refractivity contribution in [3.63, 3.8) is 0 Å². The first-order valence-corrected chi connectivity index (χ1v) is 14.0. The summed E-state index contributed by atoms with van der Waals surface area (Å²) in [5, 5.41) is 5.72. The van der Waals surface area contributed by atoms with Crippen LogP contribution >= 0.6 is 11.8 Å². The lowest BCUT2D eigenvalue weighted by Crippen LogP contribution is -2.42. The van der Waals surface area contributed by atoms with E-state index in [0.29, 0.717) is 31.0 Å². The molecule has 2 amide bonds. The van der Waals surface area contributed by atoms with E-state index in [1.165, 1.54) is 11.8 Å². The Morgan fingerprint density at radius 3 is 2.53 bits per heavy atom. The number of aliphatic imine (C=N–C) groups is 1. The number of nitrogens with one attached hydrogen (secondary N) is 1. The molecule has 2 aliphatic heterocycles. The summed E-state index contributed by atoms with van der Waals surface area (Å²) in [6.45, 7) is 11.4. The van der Waals surface area contributed by atoms with E-state index in [-0.39, 0.29) is 24.3 Å². The van der Waals surface area contributed by atoms with Crippen molar-refractivity contribution in [2.75, 3.05) is 13.1 Å². The van der Waals surface area contributed by atoms with Crippen LogP contribution in [0.25, 0.3) is 0 Å². The Labute approximate surface area is 229 Å². The van der Waals surface area contributed by atoms with Gasteiger partial charge in [0.1, 0.15) is 12.4 Å². The molecule has 2 aromatic rings. The van der Waals surface area contributed by atoms with Crippen molar-refractivity contribution in [1.29, 1.82) is 0 Å². The highest BCUT2D eigenvalue weighted by atomic mass is 32.2. The van der Waals surface area contributed by atoms with Gasteiger partial charge < -0.3 is 19.9 Å². The van der Waals surface area contributed by atoms with Gasteiger partial charge in [-0.25, -0.2) is 4.99 Å². The number of carbonyl (C=O) groups is 2. The lowest BCUT2D eigenvalue weighted by molar-refractivity contribution is -0.127. The molecule has 2 aromatic carbocycles. The van der Waals surface area contributed by atoms with E-state index in [1.807, 2.05) is 104 Å². The summed E-state index contributed by atoms with van der Waals surface area (Å²) in [6, 6.07) is 17.5. The lowest BCUT2D eigenvalue weighted by Gasteiger charge is -2.38. The van der Waals surface area contributed by atoms with Crippen LogP contribution in [-0.2, 0) is 16.2 Å². The largest absolute Gasteiger partial charge is 0.489 e. The molecule has 0 saturated carbocycles.